The van der Waals surface area contributed by atoms with Crippen LogP contribution < -0.4 is 11.1 Å². The van der Waals surface area contributed by atoms with Gasteiger partial charge in [0.15, 0.2) is 0 Å². The van der Waals surface area contributed by atoms with Crippen LogP contribution in [0.4, 0.5) is 0 Å². The van der Waals surface area contributed by atoms with E-state index in [0.717, 1.165) is 0 Å². The molecule has 0 aliphatic heterocycles. The quantitative estimate of drug-likeness (QED) is 0.399. The van der Waals surface area contributed by atoms with Gasteiger partial charge in [0.1, 0.15) is 0 Å². The Morgan fingerprint density at radius 1 is 1.75 bits per heavy atom. The lowest BCUT2D eigenvalue weighted by molar-refractivity contribution is 0.741. The molecule has 0 rings (SSSR count). The Bertz CT molecular complexity index is 68.1. The minimum absolute atomic E-state index is 0.361. The van der Waals surface area contributed by atoms with Crippen LogP contribution in [-0.4, -0.2) is 19.0 Å². The normalized spacial score (nSPS) is 11.0. The fourth-order valence-electron chi connectivity index (χ4n) is 0.254. The highest BCUT2D eigenvalue weighted by Gasteiger charge is 1.81. The van der Waals surface area contributed by atoms with Gasteiger partial charge in [0, 0.05) is 6.04 Å². The van der Waals surface area contributed by atoms with Crippen molar-refractivity contribution in [3.8, 4) is 0 Å². The maximum Gasteiger partial charge on any atom is 0.0876 e. The molecule has 0 unspecified atom stereocenters. The van der Waals surface area contributed by atoms with Crippen LogP contribution in [0.3, 0.4) is 0 Å². The molecule has 0 spiro atoms. The third-order valence-corrected chi connectivity index (χ3v) is 0.605. The molecule has 0 aliphatic carbocycles. The molecule has 0 atom stereocenters. The minimum Gasteiger partial charge on any atom is -0.374 e. The van der Waals surface area contributed by atoms with Crippen LogP contribution in [0.25, 0.3) is 0 Å². The molecular weight excluding hydrogens is 102 g/mol. The molecular formula is C5H13N3. The zero-order valence-electron chi connectivity index (χ0n) is 5.39. The largest absolute Gasteiger partial charge is 0.374 e. The molecule has 0 fully saturated rings. The number of aliphatic imine (C=N–C) groups is 1. The van der Waals surface area contributed by atoms with Gasteiger partial charge < -0.3 is 11.1 Å². The summed E-state index contributed by atoms with van der Waals surface area (Å²) < 4.78 is 0. The van der Waals surface area contributed by atoms with Gasteiger partial charge in [-0.2, -0.15) is 0 Å². The van der Waals surface area contributed by atoms with E-state index in [-0.39, 0.29) is 0 Å². The molecule has 0 radical (unpaired) electrons. The Hall–Kier alpha value is -0.570. The number of hydrogen-bond donors (Lipinski definition) is 2. The third-order valence-electron chi connectivity index (χ3n) is 0.605. The summed E-state index contributed by atoms with van der Waals surface area (Å²) in [6.07, 6.45) is 1.63. The van der Waals surface area contributed by atoms with E-state index in [2.05, 4.69) is 10.3 Å². The van der Waals surface area contributed by atoms with E-state index in [1.165, 1.54) is 0 Å². The minimum atomic E-state index is 0.361. The van der Waals surface area contributed by atoms with Crippen LogP contribution in [0.15, 0.2) is 4.99 Å². The number of nitrogens with two attached hydrogens (primary N) is 1. The summed E-state index contributed by atoms with van der Waals surface area (Å²) >= 11 is 0. The second-order valence-corrected chi connectivity index (χ2v) is 1.82. The Kier molecular flexibility index (Phi) is 4.26. The monoisotopic (exact) mass is 115 g/mol. The summed E-state index contributed by atoms with van der Waals surface area (Å²) in [6, 6.07) is 0.449. The molecule has 0 heterocycles. The van der Waals surface area contributed by atoms with Crippen LogP contribution in [0, 0.1) is 0 Å². The Morgan fingerprint density at radius 3 is 2.75 bits per heavy atom. The first-order chi connectivity index (χ1) is 3.77. The first kappa shape index (κ1) is 7.43. The maximum atomic E-state index is 5.08. The highest BCUT2D eigenvalue weighted by Crippen LogP contribution is 1.69. The van der Waals surface area contributed by atoms with Crippen LogP contribution >= 0.6 is 0 Å². The van der Waals surface area contributed by atoms with E-state index in [0.29, 0.717) is 12.7 Å². The number of nitrogens with zero attached hydrogens (tertiary/aromatic N) is 1. The molecule has 0 amide bonds. The van der Waals surface area contributed by atoms with Gasteiger partial charge in [-0.1, -0.05) is 0 Å². The first-order valence-electron chi connectivity index (χ1n) is 2.71. The molecule has 0 aromatic carbocycles. The lowest BCUT2D eigenvalue weighted by atomic mass is 10.4. The lowest BCUT2D eigenvalue weighted by Crippen LogP contribution is -2.20. The lowest BCUT2D eigenvalue weighted by Gasteiger charge is -2.00. The molecule has 3 heteroatoms. The smallest absolute Gasteiger partial charge is 0.0876 e. The fraction of sp³-hybridized carbons (Fsp3) is 0.800. The van der Waals surface area contributed by atoms with Crippen molar-refractivity contribution in [2.24, 2.45) is 10.7 Å². The van der Waals surface area contributed by atoms with E-state index in [9.17, 15) is 0 Å². The summed E-state index contributed by atoms with van der Waals surface area (Å²) in [5, 5.41) is 2.97. The Balaban J connectivity index is 3.03. The van der Waals surface area contributed by atoms with Crippen molar-refractivity contribution < 1.29 is 0 Å². The van der Waals surface area contributed by atoms with E-state index in [4.69, 9.17) is 5.73 Å². The zero-order chi connectivity index (χ0) is 6.41. The molecule has 3 nitrogen and oxygen atoms in total. The van der Waals surface area contributed by atoms with E-state index in [1.807, 2.05) is 13.8 Å². The fourth-order valence-corrected chi connectivity index (χ4v) is 0.254. The zero-order valence-corrected chi connectivity index (χ0v) is 5.39. The van der Waals surface area contributed by atoms with Crippen LogP contribution in [0.5, 0.6) is 0 Å². The molecule has 3 N–H and O–H groups in total. The molecule has 0 aromatic rings. The summed E-state index contributed by atoms with van der Waals surface area (Å²) in [4.78, 5) is 3.75. The number of nitrogens with one attached hydrogen (secondary N) is 1. The summed E-state index contributed by atoms with van der Waals surface area (Å²) in [5.41, 5.74) is 5.08. The van der Waals surface area contributed by atoms with Gasteiger partial charge in [0.05, 0.1) is 13.0 Å². The molecule has 48 valence electrons. The van der Waals surface area contributed by atoms with Gasteiger partial charge in [-0.3, -0.25) is 4.99 Å². The number of rotatable bonds is 3. The van der Waals surface area contributed by atoms with Gasteiger partial charge in [-0.25, -0.2) is 0 Å². The highest BCUT2D eigenvalue weighted by molar-refractivity contribution is 5.54. The SMILES string of the molecule is CC(C)NC=NCN. The molecule has 0 aliphatic rings. The third kappa shape index (κ3) is 5.43. The summed E-state index contributed by atoms with van der Waals surface area (Å²) in [5.74, 6) is 0. The van der Waals surface area contributed by atoms with Gasteiger partial charge in [-0.15, -0.1) is 0 Å². The van der Waals surface area contributed by atoms with Crippen molar-refractivity contribution in [3.05, 3.63) is 0 Å². The predicted molar refractivity (Wildman–Crippen MR) is 35.8 cm³/mol. The van der Waals surface area contributed by atoms with Crippen molar-refractivity contribution in [2.75, 3.05) is 6.67 Å². The number of hydrogen-bond acceptors (Lipinski definition) is 2. The van der Waals surface area contributed by atoms with Crippen LogP contribution in [0.2, 0.25) is 0 Å². The van der Waals surface area contributed by atoms with Crippen molar-refractivity contribution in [3.63, 3.8) is 0 Å². The van der Waals surface area contributed by atoms with E-state index < -0.39 is 0 Å². The van der Waals surface area contributed by atoms with Crippen molar-refractivity contribution in [1.29, 1.82) is 0 Å². The second-order valence-electron chi connectivity index (χ2n) is 1.82. The second kappa shape index (κ2) is 4.59. The van der Waals surface area contributed by atoms with Gasteiger partial charge in [0.25, 0.3) is 0 Å². The summed E-state index contributed by atoms with van der Waals surface area (Å²) in [7, 11) is 0. The molecule has 0 saturated carbocycles. The molecule has 0 bridgehead atoms. The predicted octanol–water partition coefficient (Wildman–Crippen LogP) is -0.0711. The molecule has 0 aromatic heterocycles. The average molecular weight is 115 g/mol. The molecule has 0 saturated heterocycles. The Labute approximate surface area is 50.0 Å². The Morgan fingerprint density at radius 2 is 2.38 bits per heavy atom. The average Bonchev–Trinajstić information content (AvgIpc) is 1.66. The summed E-state index contributed by atoms with van der Waals surface area (Å²) in [6.45, 7) is 4.45. The van der Waals surface area contributed by atoms with Gasteiger partial charge in [0.2, 0.25) is 0 Å². The van der Waals surface area contributed by atoms with Crippen molar-refractivity contribution in [1.82, 2.24) is 5.32 Å². The van der Waals surface area contributed by atoms with Crippen molar-refractivity contribution in [2.45, 2.75) is 19.9 Å². The highest BCUT2D eigenvalue weighted by atomic mass is 15.0. The van der Waals surface area contributed by atoms with Crippen LogP contribution in [-0.2, 0) is 0 Å². The maximum absolute atomic E-state index is 5.08. The standard InChI is InChI=1S/C5H13N3/c1-5(2)8-4-7-3-6/h4-5H,3,6H2,1-2H3,(H,7,8). The molecule has 8 heavy (non-hydrogen) atoms. The van der Waals surface area contributed by atoms with E-state index in [1.54, 1.807) is 6.34 Å². The van der Waals surface area contributed by atoms with Crippen molar-refractivity contribution >= 4 is 6.34 Å². The van der Waals surface area contributed by atoms with E-state index >= 15 is 0 Å². The van der Waals surface area contributed by atoms with Gasteiger partial charge >= 0.3 is 0 Å². The topological polar surface area (TPSA) is 50.4 Å². The first-order valence-corrected chi connectivity index (χ1v) is 2.71. The van der Waals surface area contributed by atoms with Crippen LogP contribution in [0.1, 0.15) is 13.8 Å². The van der Waals surface area contributed by atoms with Gasteiger partial charge in [-0.05, 0) is 13.8 Å².